The van der Waals surface area contributed by atoms with Crippen LogP contribution in [0.3, 0.4) is 0 Å². The molecule has 0 aliphatic carbocycles. The van der Waals surface area contributed by atoms with Gasteiger partial charge in [0, 0.05) is 23.7 Å². The molecular formula is C27H18Cl2N2O3. The van der Waals surface area contributed by atoms with Gasteiger partial charge in [-0.1, -0.05) is 53.5 Å². The van der Waals surface area contributed by atoms with E-state index < -0.39 is 0 Å². The second-order valence-corrected chi connectivity index (χ2v) is 8.32. The van der Waals surface area contributed by atoms with Crippen molar-refractivity contribution in [2.45, 2.75) is 6.54 Å². The molecule has 0 radical (unpaired) electrons. The van der Waals surface area contributed by atoms with Gasteiger partial charge in [-0.15, -0.1) is 0 Å². The first-order chi connectivity index (χ1) is 16.6. The van der Waals surface area contributed by atoms with Crippen LogP contribution in [0.15, 0.2) is 93.8 Å². The zero-order valence-electron chi connectivity index (χ0n) is 17.8. The molecule has 0 bridgehead atoms. The highest BCUT2D eigenvalue weighted by molar-refractivity contribution is 6.43. The van der Waals surface area contributed by atoms with Crippen molar-refractivity contribution in [1.82, 2.24) is 10.3 Å². The number of nitrogens with zero attached hydrogens (tertiary/aromatic N) is 1. The van der Waals surface area contributed by atoms with Crippen molar-refractivity contribution in [3.05, 3.63) is 106 Å². The van der Waals surface area contributed by atoms with Crippen LogP contribution >= 0.6 is 23.2 Å². The Kier molecular flexibility index (Phi) is 6.21. The largest absolute Gasteiger partial charge is 0.457 e. The summed E-state index contributed by atoms with van der Waals surface area (Å²) in [5.74, 6) is 1.44. The van der Waals surface area contributed by atoms with E-state index >= 15 is 0 Å². The van der Waals surface area contributed by atoms with Crippen LogP contribution in [-0.4, -0.2) is 10.9 Å². The number of carbonyl (C=O) groups is 1. The van der Waals surface area contributed by atoms with E-state index in [9.17, 15) is 4.79 Å². The third kappa shape index (κ3) is 4.76. The number of benzene rings is 3. The number of furan rings is 1. The third-order valence-corrected chi connectivity index (χ3v) is 6.02. The molecule has 0 unspecified atom stereocenters. The quantitative estimate of drug-likeness (QED) is 0.253. The normalized spacial score (nSPS) is 11.4. The van der Waals surface area contributed by atoms with Gasteiger partial charge in [-0.05, 0) is 60.2 Å². The smallest absolute Gasteiger partial charge is 0.244 e. The minimum atomic E-state index is -0.234. The molecule has 0 saturated carbocycles. The Balaban J connectivity index is 1.19. The number of fused-ring (bicyclic) bond motifs is 1. The molecule has 5 nitrogen and oxygen atoms in total. The monoisotopic (exact) mass is 488 g/mol. The van der Waals surface area contributed by atoms with Crippen LogP contribution < -0.4 is 5.32 Å². The van der Waals surface area contributed by atoms with Crippen molar-refractivity contribution in [3.8, 4) is 22.8 Å². The van der Waals surface area contributed by atoms with Crippen LogP contribution in [0.4, 0.5) is 0 Å². The van der Waals surface area contributed by atoms with Gasteiger partial charge in [-0.25, -0.2) is 4.98 Å². The average Bonchev–Trinajstić information content (AvgIpc) is 3.51. The predicted octanol–water partition coefficient (Wildman–Crippen LogP) is 7.39. The average molecular weight is 489 g/mol. The van der Waals surface area contributed by atoms with E-state index in [0.29, 0.717) is 39.6 Å². The highest BCUT2D eigenvalue weighted by atomic mass is 35.5. The molecule has 2 heterocycles. The first-order valence-corrected chi connectivity index (χ1v) is 11.3. The summed E-state index contributed by atoms with van der Waals surface area (Å²) in [4.78, 5) is 16.8. The number of aromatic nitrogens is 1. The van der Waals surface area contributed by atoms with Crippen LogP contribution in [0.2, 0.25) is 10.0 Å². The minimum absolute atomic E-state index is 0.234. The van der Waals surface area contributed by atoms with Crippen LogP contribution in [0.1, 0.15) is 11.3 Å². The lowest BCUT2D eigenvalue weighted by Crippen LogP contribution is -2.20. The summed E-state index contributed by atoms with van der Waals surface area (Å²) in [7, 11) is 0. The molecule has 5 aromatic rings. The predicted molar refractivity (Wildman–Crippen MR) is 134 cm³/mol. The van der Waals surface area contributed by atoms with E-state index in [2.05, 4.69) is 10.3 Å². The van der Waals surface area contributed by atoms with E-state index in [1.54, 1.807) is 30.3 Å². The van der Waals surface area contributed by atoms with E-state index in [1.165, 1.54) is 6.08 Å². The topological polar surface area (TPSA) is 68.3 Å². The molecule has 168 valence electrons. The SMILES string of the molecule is O=C(/C=C/c1ccc(-c2cccc(Cl)c2Cl)o1)NCc1ccc(-c2nc3ccccc3o2)cc1. The number of para-hydroxylation sites is 2. The zero-order chi connectivity index (χ0) is 23.5. The number of oxazole rings is 1. The van der Waals surface area contributed by atoms with Gasteiger partial charge in [-0.3, -0.25) is 4.79 Å². The van der Waals surface area contributed by atoms with Crippen molar-refractivity contribution in [2.24, 2.45) is 0 Å². The maximum Gasteiger partial charge on any atom is 0.244 e. The lowest BCUT2D eigenvalue weighted by Gasteiger charge is -2.03. The Morgan fingerprint density at radius 3 is 2.56 bits per heavy atom. The zero-order valence-corrected chi connectivity index (χ0v) is 19.3. The van der Waals surface area contributed by atoms with Gasteiger partial charge >= 0.3 is 0 Å². The molecule has 0 saturated heterocycles. The number of amides is 1. The van der Waals surface area contributed by atoms with Crippen LogP contribution in [-0.2, 0) is 11.3 Å². The van der Waals surface area contributed by atoms with Crippen molar-refractivity contribution in [1.29, 1.82) is 0 Å². The number of carbonyl (C=O) groups excluding carboxylic acids is 1. The summed E-state index contributed by atoms with van der Waals surface area (Å²) in [6.07, 6.45) is 3.03. The van der Waals surface area contributed by atoms with Gasteiger partial charge in [0.15, 0.2) is 5.58 Å². The Morgan fingerprint density at radius 2 is 1.74 bits per heavy atom. The summed E-state index contributed by atoms with van der Waals surface area (Å²) in [5, 5.41) is 3.74. The highest BCUT2D eigenvalue weighted by Crippen LogP contribution is 2.34. The van der Waals surface area contributed by atoms with Gasteiger partial charge in [0.2, 0.25) is 11.8 Å². The van der Waals surface area contributed by atoms with Gasteiger partial charge < -0.3 is 14.2 Å². The Hall–Kier alpha value is -3.80. The molecule has 1 amide bonds. The summed E-state index contributed by atoms with van der Waals surface area (Å²) < 4.78 is 11.6. The molecule has 1 N–H and O–H groups in total. The van der Waals surface area contributed by atoms with E-state index in [1.807, 2.05) is 54.6 Å². The van der Waals surface area contributed by atoms with Crippen LogP contribution in [0.5, 0.6) is 0 Å². The fourth-order valence-corrected chi connectivity index (χ4v) is 3.84. The number of nitrogens with one attached hydrogen (secondary N) is 1. The molecule has 0 spiro atoms. The fraction of sp³-hybridized carbons (Fsp3) is 0.0370. The molecule has 0 aliphatic heterocycles. The Labute approximate surface area is 205 Å². The molecule has 0 atom stereocenters. The number of hydrogen-bond donors (Lipinski definition) is 1. The fourth-order valence-electron chi connectivity index (χ4n) is 3.45. The van der Waals surface area contributed by atoms with Gasteiger partial charge in [-0.2, -0.15) is 0 Å². The first kappa shape index (κ1) is 22.0. The third-order valence-electron chi connectivity index (χ3n) is 5.20. The van der Waals surface area contributed by atoms with Crippen molar-refractivity contribution < 1.29 is 13.6 Å². The van der Waals surface area contributed by atoms with E-state index in [-0.39, 0.29) is 5.91 Å². The molecule has 7 heteroatoms. The Bertz CT molecular complexity index is 1470. The van der Waals surface area contributed by atoms with Gasteiger partial charge in [0.05, 0.1) is 10.0 Å². The van der Waals surface area contributed by atoms with Crippen molar-refractivity contribution >= 4 is 46.3 Å². The Morgan fingerprint density at radius 1 is 0.912 bits per heavy atom. The number of hydrogen-bond acceptors (Lipinski definition) is 4. The summed E-state index contributed by atoms with van der Waals surface area (Å²) in [6, 6.07) is 24.2. The lowest BCUT2D eigenvalue weighted by molar-refractivity contribution is -0.116. The number of halogens is 2. The maximum atomic E-state index is 12.2. The van der Waals surface area contributed by atoms with Gasteiger partial charge in [0.25, 0.3) is 0 Å². The standard InChI is InChI=1S/C27H18Cl2N2O3/c28-21-5-3-4-20(26(21)29)23-14-12-19(33-23)13-15-25(32)30-16-17-8-10-18(11-9-17)27-31-22-6-1-2-7-24(22)34-27/h1-15H,16H2,(H,30,32)/b15-13+. The molecule has 3 aromatic carbocycles. The van der Waals surface area contributed by atoms with Crippen LogP contribution in [0.25, 0.3) is 40.0 Å². The van der Waals surface area contributed by atoms with Crippen LogP contribution in [0, 0.1) is 0 Å². The molecular weight excluding hydrogens is 471 g/mol. The highest BCUT2D eigenvalue weighted by Gasteiger charge is 2.11. The summed E-state index contributed by atoms with van der Waals surface area (Å²) >= 11 is 12.3. The molecule has 34 heavy (non-hydrogen) atoms. The summed E-state index contributed by atoms with van der Waals surface area (Å²) in [5.41, 5.74) is 4.09. The van der Waals surface area contributed by atoms with E-state index in [0.717, 1.165) is 22.2 Å². The first-order valence-electron chi connectivity index (χ1n) is 10.5. The van der Waals surface area contributed by atoms with E-state index in [4.69, 9.17) is 32.0 Å². The second-order valence-electron chi connectivity index (χ2n) is 7.54. The summed E-state index contributed by atoms with van der Waals surface area (Å²) in [6.45, 7) is 0.387. The van der Waals surface area contributed by atoms with Gasteiger partial charge in [0.1, 0.15) is 17.0 Å². The van der Waals surface area contributed by atoms with Crippen molar-refractivity contribution in [2.75, 3.05) is 0 Å². The second kappa shape index (κ2) is 9.59. The molecule has 5 rings (SSSR count). The molecule has 0 aliphatic rings. The maximum absolute atomic E-state index is 12.2. The molecule has 2 aromatic heterocycles. The number of rotatable bonds is 6. The minimum Gasteiger partial charge on any atom is -0.457 e. The molecule has 0 fully saturated rings. The lowest BCUT2D eigenvalue weighted by atomic mass is 10.1. The van der Waals surface area contributed by atoms with Crippen molar-refractivity contribution in [3.63, 3.8) is 0 Å².